The van der Waals surface area contributed by atoms with Crippen LogP contribution in [-0.4, -0.2) is 23.4 Å². The molecule has 1 atom stereocenters. The molecule has 104 valence electrons. The highest BCUT2D eigenvalue weighted by Gasteiger charge is 2.21. The molecule has 0 saturated carbocycles. The first kappa shape index (κ1) is 13.9. The number of likely N-dealkylation sites (tertiary alicyclic amines) is 1. The van der Waals surface area contributed by atoms with Crippen LogP contribution in [0.25, 0.3) is 0 Å². The van der Waals surface area contributed by atoms with Crippen LogP contribution in [0.4, 0.5) is 5.69 Å². The highest BCUT2D eigenvalue weighted by Crippen LogP contribution is 2.18. The number of hydrogen-bond acceptors (Lipinski definition) is 2. The van der Waals surface area contributed by atoms with E-state index in [1.807, 2.05) is 24.3 Å². The Morgan fingerprint density at radius 3 is 3.00 bits per heavy atom. The number of nitrogens with two attached hydrogens (primary N) is 1. The van der Waals surface area contributed by atoms with E-state index in [2.05, 4.69) is 11.8 Å². The molecule has 1 heterocycles. The number of anilines is 1. The van der Waals surface area contributed by atoms with Crippen molar-refractivity contribution in [3.8, 4) is 0 Å². The minimum absolute atomic E-state index is 0.289. The molecule has 0 spiro atoms. The van der Waals surface area contributed by atoms with Crippen molar-refractivity contribution in [3.05, 3.63) is 29.8 Å². The van der Waals surface area contributed by atoms with Gasteiger partial charge in [-0.2, -0.15) is 0 Å². The minimum atomic E-state index is 0.289. The first-order valence-electron chi connectivity index (χ1n) is 7.30. The number of amides is 1. The number of nitrogen functional groups attached to an aromatic ring is 1. The van der Waals surface area contributed by atoms with E-state index in [1.54, 1.807) is 0 Å². The number of benzene rings is 1. The lowest BCUT2D eigenvalue weighted by Crippen LogP contribution is -2.38. The smallest absolute Gasteiger partial charge is 0.223 e. The maximum Gasteiger partial charge on any atom is 0.223 e. The normalized spacial score (nSPS) is 20.1. The zero-order valence-corrected chi connectivity index (χ0v) is 11.8. The summed E-state index contributed by atoms with van der Waals surface area (Å²) in [4.78, 5) is 14.4. The summed E-state index contributed by atoms with van der Waals surface area (Å²) >= 11 is 0. The van der Waals surface area contributed by atoms with Crippen molar-refractivity contribution in [1.82, 2.24) is 4.90 Å². The molecule has 1 saturated heterocycles. The average molecular weight is 260 g/mol. The van der Waals surface area contributed by atoms with Gasteiger partial charge in [0.1, 0.15) is 0 Å². The molecule has 0 radical (unpaired) electrons. The van der Waals surface area contributed by atoms with E-state index in [0.29, 0.717) is 12.5 Å². The van der Waals surface area contributed by atoms with Gasteiger partial charge in [0, 0.05) is 24.7 Å². The molecule has 1 aromatic rings. The minimum Gasteiger partial charge on any atom is -0.399 e. The molecule has 0 bridgehead atoms. The molecule has 1 amide bonds. The van der Waals surface area contributed by atoms with Crippen LogP contribution in [0.5, 0.6) is 0 Å². The third-order valence-corrected chi connectivity index (χ3v) is 3.95. The van der Waals surface area contributed by atoms with E-state index < -0.39 is 0 Å². The molecule has 0 aliphatic carbocycles. The summed E-state index contributed by atoms with van der Waals surface area (Å²) in [6, 6.07) is 8.22. The molecule has 0 aromatic heterocycles. The zero-order chi connectivity index (χ0) is 13.7. The Bertz CT molecular complexity index is 431. The lowest BCUT2D eigenvalue weighted by molar-refractivity contribution is -0.133. The molecule has 1 aliphatic rings. The van der Waals surface area contributed by atoms with E-state index in [4.69, 9.17) is 5.73 Å². The predicted molar refractivity (Wildman–Crippen MR) is 78.8 cm³/mol. The topological polar surface area (TPSA) is 46.3 Å². The van der Waals surface area contributed by atoms with E-state index >= 15 is 0 Å². The largest absolute Gasteiger partial charge is 0.399 e. The fourth-order valence-electron chi connectivity index (χ4n) is 2.79. The predicted octanol–water partition coefficient (Wildman–Crippen LogP) is 2.99. The van der Waals surface area contributed by atoms with Gasteiger partial charge in [0.25, 0.3) is 0 Å². The molecule has 1 aromatic carbocycles. The van der Waals surface area contributed by atoms with Crippen LogP contribution in [-0.2, 0) is 11.2 Å². The standard InChI is InChI=1S/C16H24N2O/c1-13-6-3-2-4-11-18(13)16(19)10-9-14-7-5-8-15(17)12-14/h5,7-8,12-13H,2-4,6,9-11,17H2,1H3. The third-order valence-electron chi connectivity index (χ3n) is 3.95. The maximum absolute atomic E-state index is 12.3. The summed E-state index contributed by atoms with van der Waals surface area (Å²) in [6.07, 6.45) is 6.17. The van der Waals surface area contributed by atoms with E-state index in [-0.39, 0.29) is 5.91 Å². The first-order valence-corrected chi connectivity index (χ1v) is 7.30. The molecular formula is C16H24N2O. The number of carbonyl (C=O) groups excluding carboxylic acids is 1. The van der Waals surface area contributed by atoms with Crippen LogP contribution in [0.3, 0.4) is 0 Å². The van der Waals surface area contributed by atoms with Gasteiger partial charge >= 0.3 is 0 Å². The summed E-state index contributed by atoms with van der Waals surface area (Å²) in [5.41, 5.74) is 7.68. The van der Waals surface area contributed by atoms with Crippen LogP contribution in [0.2, 0.25) is 0 Å². The Morgan fingerprint density at radius 2 is 2.21 bits per heavy atom. The molecule has 1 aliphatic heterocycles. The average Bonchev–Trinajstić information content (AvgIpc) is 2.61. The SMILES string of the molecule is CC1CCCCCN1C(=O)CCc1cccc(N)c1. The van der Waals surface area contributed by atoms with Crippen LogP contribution >= 0.6 is 0 Å². The van der Waals surface area contributed by atoms with Gasteiger partial charge in [0.2, 0.25) is 5.91 Å². The second-order valence-corrected chi connectivity index (χ2v) is 5.53. The molecular weight excluding hydrogens is 236 g/mol. The number of hydrogen-bond donors (Lipinski definition) is 1. The van der Waals surface area contributed by atoms with Gasteiger partial charge in [-0.15, -0.1) is 0 Å². The number of nitrogens with zero attached hydrogens (tertiary/aromatic N) is 1. The van der Waals surface area contributed by atoms with Crippen LogP contribution in [0.1, 0.15) is 44.6 Å². The maximum atomic E-state index is 12.3. The molecule has 19 heavy (non-hydrogen) atoms. The Hall–Kier alpha value is -1.51. The van der Waals surface area contributed by atoms with Crippen molar-refractivity contribution in [3.63, 3.8) is 0 Å². The van der Waals surface area contributed by atoms with Gasteiger partial charge in [-0.05, 0) is 43.9 Å². The highest BCUT2D eigenvalue weighted by atomic mass is 16.2. The fourth-order valence-corrected chi connectivity index (χ4v) is 2.79. The van der Waals surface area contributed by atoms with E-state index in [0.717, 1.165) is 37.1 Å². The van der Waals surface area contributed by atoms with E-state index in [9.17, 15) is 4.79 Å². The van der Waals surface area contributed by atoms with Gasteiger partial charge in [0.15, 0.2) is 0 Å². The van der Waals surface area contributed by atoms with Crippen LogP contribution in [0, 0.1) is 0 Å². The monoisotopic (exact) mass is 260 g/mol. The van der Waals surface area contributed by atoms with Crippen molar-refractivity contribution >= 4 is 11.6 Å². The molecule has 3 nitrogen and oxygen atoms in total. The van der Waals surface area contributed by atoms with Crippen LogP contribution in [0.15, 0.2) is 24.3 Å². The van der Waals surface area contributed by atoms with Crippen molar-refractivity contribution < 1.29 is 4.79 Å². The number of aryl methyl sites for hydroxylation is 1. The van der Waals surface area contributed by atoms with Gasteiger partial charge in [-0.3, -0.25) is 4.79 Å². The van der Waals surface area contributed by atoms with Gasteiger partial charge in [-0.1, -0.05) is 25.0 Å². The second-order valence-electron chi connectivity index (χ2n) is 5.53. The second kappa shape index (κ2) is 6.60. The lowest BCUT2D eigenvalue weighted by Gasteiger charge is -2.27. The Labute approximate surface area is 115 Å². The van der Waals surface area contributed by atoms with Gasteiger partial charge in [0.05, 0.1) is 0 Å². The van der Waals surface area contributed by atoms with E-state index in [1.165, 1.54) is 12.8 Å². The van der Waals surface area contributed by atoms with Gasteiger partial charge in [-0.25, -0.2) is 0 Å². The summed E-state index contributed by atoms with van der Waals surface area (Å²) < 4.78 is 0. The molecule has 3 heteroatoms. The highest BCUT2D eigenvalue weighted by molar-refractivity contribution is 5.76. The van der Waals surface area contributed by atoms with Gasteiger partial charge < -0.3 is 10.6 Å². The lowest BCUT2D eigenvalue weighted by atomic mass is 10.1. The Kier molecular flexibility index (Phi) is 4.83. The number of rotatable bonds is 3. The number of carbonyl (C=O) groups is 1. The molecule has 2 rings (SSSR count). The van der Waals surface area contributed by atoms with Crippen molar-refractivity contribution in [1.29, 1.82) is 0 Å². The van der Waals surface area contributed by atoms with Crippen molar-refractivity contribution in [2.24, 2.45) is 0 Å². The third kappa shape index (κ3) is 3.98. The quantitative estimate of drug-likeness (QED) is 0.849. The summed E-state index contributed by atoms with van der Waals surface area (Å²) in [7, 11) is 0. The molecule has 1 fully saturated rings. The summed E-state index contributed by atoms with van der Waals surface area (Å²) in [5.74, 6) is 0.289. The molecule has 1 unspecified atom stereocenters. The molecule has 2 N–H and O–H groups in total. The summed E-state index contributed by atoms with van der Waals surface area (Å²) in [6.45, 7) is 3.10. The van der Waals surface area contributed by atoms with Crippen molar-refractivity contribution in [2.75, 3.05) is 12.3 Å². The Balaban J connectivity index is 1.89. The zero-order valence-electron chi connectivity index (χ0n) is 11.8. The Morgan fingerprint density at radius 1 is 1.37 bits per heavy atom. The fraction of sp³-hybridized carbons (Fsp3) is 0.562. The van der Waals surface area contributed by atoms with Crippen molar-refractivity contribution in [2.45, 2.75) is 51.5 Å². The first-order chi connectivity index (χ1) is 9.16. The van der Waals surface area contributed by atoms with Crippen LogP contribution < -0.4 is 5.73 Å². The summed E-state index contributed by atoms with van der Waals surface area (Å²) in [5, 5.41) is 0.